The number of thioether (sulfide) groups is 1. The summed E-state index contributed by atoms with van der Waals surface area (Å²) in [4.78, 5) is 25.6. The molecule has 0 radical (unpaired) electrons. The highest BCUT2D eigenvalue weighted by Crippen LogP contribution is 2.34. The third kappa shape index (κ3) is 3.98. The Morgan fingerprint density at radius 2 is 1.86 bits per heavy atom. The molecule has 144 valence electrons. The van der Waals surface area contributed by atoms with E-state index in [1.54, 1.807) is 33.9 Å². The maximum Gasteiger partial charge on any atom is 0.271 e. The van der Waals surface area contributed by atoms with Crippen LogP contribution in [0.25, 0.3) is 11.8 Å². The maximum absolute atomic E-state index is 12.9. The summed E-state index contributed by atoms with van der Waals surface area (Å²) in [5, 5.41) is 11.1. The van der Waals surface area contributed by atoms with E-state index in [9.17, 15) is 14.9 Å². The normalized spacial score (nSPS) is 15.3. The van der Waals surface area contributed by atoms with Gasteiger partial charge >= 0.3 is 0 Å². The lowest BCUT2D eigenvalue weighted by molar-refractivity contribution is -0.384. The van der Waals surface area contributed by atoms with E-state index in [0.29, 0.717) is 21.5 Å². The third-order valence-corrected chi connectivity index (χ3v) is 5.81. The van der Waals surface area contributed by atoms with E-state index in [4.69, 9.17) is 12.2 Å². The number of aromatic nitrogens is 1. The maximum atomic E-state index is 12.9. The van der Waals surface area contributed by atoms with Crippen LogP contribution >= 0.6 is 24.0 Å². The Kier molecular flexibility index (Phi) is 5.28. The van der Waals surface area contributed by atoms with Crippen LogP contribution in [-0.4, -0.2) is 24.6 Å². The lowest BCUT2D eigenvalue weighted by Gasteiger charge is -2.14. The number of carbonyl (C=O) groups is 1. The summed E-state index contributed by atoms with van der Waals surface area (Å²) >= 11 is 6.67. The molecule has 0 N–H and O–H groups in total. The summed E-state index contributed by atoms with van der Waals surface area (Å²) in [7, 11) is 0. The number of nitrogens with zero attached hydrogens (tertiary/aromatic N) is 3. The predicted molar refractivity (Wildman–Crippen MR) is 118 cm³/mol. The summed E-state index contributed by atoms with van der Waals surface area (Å²) in [5.41, 5.74) is 2.40. The van der Waals surface area contributed by atoms with Gasteiger partial charge in [-0.1, -0.05) is 60.4 Å². The van der Waals surface area contributed by atoms with Crippen LogP contribution in [0.4, 0.5) is 5.69 Å². The summed E-state index contributed by atoms with van der Waals surface area (Å²) in [5.74, 6) is -0.143. The first-order valence-corrected chi connectivity index (χ1v) is 9.97. The van der Waals surface area contributed by atoms with Crippen LogP contribution in [0.5, 0.6) is 0 Å². The van der Waals surface area contributed by atoms with Gasteiger partial charge in [0.25, 0.3) is 11.6 Å². The largest absolute Gasteiger partial charge is 0.317 e. The standard InChI is InChI=1S/C21H15N3O3S2/c25-20-19(29-21(28)23(20)14-15-6-2-1-3-7-15)13-17-10-5-11-22(17)16-8-4-9-18(12-16)24(26)27/h1-13H,14H2. The molecule has 1 aliphatic rings. The molecular weight excluding hydrogens is 406 g/mol. The fourth-order valence-corrected chi connectivity index (χ4v) is 4.28. The molecule has 1 amide bonds. The molecule has 3 aromatic rings. The molecule has 29 heavy (non-hydrogen) atoms. The Bertz CT molecular complexity index is 1140. The smallest absolute Gasteiger partial charge is 0.271 e. The molecule has 0 bridgehead atoms. The molecule has 6 nitrogen and oxygen atoms in total. The number of non-ortho nitro benzene ring substituents is 1. The van der Waals surface area contributed by atoms with Gasteiger partial charge in [-0.2, -0.15) is 0 Å². The van der Waals surface area contributed by atoms with Crippen molar-refractivity contribution in [3.63, 3.8) is 0 Å². The Morgan fingerprint density at radius 3 is 2.62 bits per heavy atom. The molecule has 0 saturated carbocycles. The average molecular weight is 422 g/mol. The van der Waals surface area contributed by atoms with Crippen LogP contribution < -0.4 is 0 Å². The van der Waals surface area contributed by atoms with Gasteiger partial charge in [0.1, 0.15) is 4.32 Å². The summed E-state index contributed by atoms with van der Waals surface area (Å²) in [6.45, 7) is 0.425. The highest BCUT2D eigenvalue weighted by molar-refractivity contribution is 8.26. The lowest BCUT2D eigenvalue weighted by Crippen LogP contribution is -2.27. The van der Waals surface area contributed by atoms with E-state index in [1.807, 2.05) is 42.5 Å². The molecular formula is C21H15N3O3S2. The molecule has 8 heteroatoms. The minimum absolute atomic E-state index is 0.0105. The van der Waals surface area contributed by atoms with Crippen molar-refractivity contribution in [3.8, 4) is 5.69 Å². The van der Waals surface area contributed by atoms with Crippen LogP contribution in [0.2, 0.25) is 0 Å². The Labute approximate surface area is 176 Å². The van der Waals surface area contributed by atoms with Crippen LogP contribution in [0, 0.1) is 10.1 Å². The fraction of sp³-hybridized carbons (Fsp3) is 0.0476. The predicted octanol–water partition coefficient (Wildman–Crippen LogP) is 4.79. The number of nitro benzene ring substituents is 1. The number of hydrogen-bond donors (Lipinski definition) is 0. The summed E-state index contributed by atoms with van der Waals surface area (Å²) < 4.78 is 2.31. The van der Waals surface area contributed by atoms with Gasteiger partial charge in [0, 0.05) is 24.0 Å². The second-order valence-corrected chi connectivity index (χ2v) is 8.01. The molecule has 1 fully saturated rings. The topological polar surface area (TPSA) is 68.4 Å². The Morgan fingerprint density at radius 1 is 1.07 bits per heavy atom. The van der Waals surface area contributed by atoms with Gasteiger partial charge < -0.3 is 4.57 Å². The minimum Gasteiger partial charge on any atom is -0.317 e. The number of hydrogen-bond acceptors (Lipinski definition) is 5. The SMILES string of the molecule is O=C1C(=Cc2cccn2-c2cccc([N+](=O)[O-])c2)SC(=S)N1Cc1ccccc1. The molecule has 2 aromatic carbocycles. The number of rotatable bonds is 5. The van der Waals surface area contributed by atoms with E-state index in [2.05, 4.69) is 0 Å². The van der Waals surface area contributed by atoms with Crippen molar-refractivity contribution in [2.24, 2.45) is 0 Å². The molecule has 0 aliphatic carbocycles. The van der Waals surface area contributed by atoms with Crippen LogP contribution in [0.3, 0.4) is 0 Å². The van der Waals surface area contributed by atoms with Crippen LogP contribution in [0.1, 0.15) is 11.3 Å². The monoisotopic (exact) mass is 421 g/mol. The Balaban J connectivity index is 1.62. The minimum atomic E-state index is -0.429. The summed E-state index contributed by atoms with van der Waals surface area (Å²) in [6.07, 6.45) is 3.57. The van der Waals surface area contributed by atoms with Crippen molar-refractivity contribution in [1.82, 2.24) is 9.47 Å². The quantitative estimate of drug-likeness (QED) is 0.256. The van der Waals surface area contributed by atoms with Gasteiger partial charge in [-0.25, -0.2) is 0 Å². The molecule has 0 atom stereocenters. The highest BCUT2D eigenvalue weighted by atomic mass is 32.2. The molecule has 1 saturated heterocycles. The van der Waals surface area contributed by atoms with E-state index in [0.717, 1.165) is 11.3 Å². The number of carbonyl (C=O) groups excluding carboxylic acids is 1. The van der Waals surface area contributed by atoms with Crippen LogP contribution in [0.15, 0.2) is 77.8 Å². The highest BCUT2D eigenvalue weighted by Gasteiger charge is 2.32. The van der Waals surface area contributed by atoms with Crippen molar-refractivity contribution in [3.05, 3.63) is 99.2 Å². The molecule has 2 heterocycles. The second-order valence-electron chi connectivity index (χ2n) is 6.33. The molecule has 1 aromatic heterocycles. The van der Waals surface area contributed by atoms with Crippen molar-refractivity contribution in [2.75, 3.05) is 0 Å². The Hall–Kier alpha value is -3.23. The first-order valence-electron chi connectivity index (χ1n) is 8.74. The first-order chi connectivity index (χ1) is 14.0. The van der Waals surface area contributed by atoms with Crippen molar-refractivity contribution >= 4 is 46.0 Å². The van der Waals surface area contributed by atoms with Gasteiger partial charge in [-0.15, -0.1) is 0 Å². The zero-order valence-electron chi connectivity index (χ0n) is 15.1. The van der Waals surface area contributed by atoms with E-state index < -0.39 is 4.92 Å². The van der Waals surface area contributed by atoms with Crippen LogP contribution in [-0.2, 0) is 11.3 Å². The molecule has 1 aliphatic heterocycles. The number of amides is 1. The van der Waals surface area contributed by atoms with Crippen molar-refractivity contribution < 1.29 is 9.72 Å². The van der Waals surface area contributed by atoms with Crippen molar-refractivity contribution in [1.29, 1.82) is 0 Å². The lowest BCUT2D eigenvalue weighted by atomic mass is 10.2. The fourth-order valence-electron chi connectivity index (χ4n) is 3.04. The average Bonchev–Trinajstić information content (AvgIpc) is 3.29. The van der Waals surface area contributed by atoms with E-state index in [-0.39, 0.29) is 11.6 Å². The number of thiocarbonyl (C=S) groups is 1. The zero-order chi connectivity index (χ0) is 20.4. The zero-order valence-corrected chi connectivity index (χ0v) is 16.7. The van der Waals surface area contributed by atoms with E-state index in [1.165, 1.54) is 23.9 Å². The number of benzene rings is 2. The van der Waals surface area contributed by atoms with E-state index >= 15 is 0 Å². The summed E-state index contributed by atoms with van der Waals surface area (Å²) in [6, 6.07) is 19.7. The number of nitro groups is 1. The van der Waals surface area contributed by atoms with Gasteiger partial charge in [-0.3, -0.25) is 19.8 Å². The first kappa shape index (κ1) is 19.1. The van der Waals surface area contributed by atoms with Gasteiger partial charge in [-0.05, 0) is 29.8 Å². The molecule has 4 rings (SSSR count). The van der Waals surface area contributed by atoms with Gasteiger partial charge in [0.05, 0.1) is 22.1 Å². The van der Waals surface area contributed by atoms with Crippen molar-refractivity contribution in [2.45, 2.75) is 6.54 Å². The van der Waals surface area contributed by atoms with Gasteiger partial charge in [0.15, 0.2) is 0 Å². The third-order valence-electron chi connectivity index (χ3n) is 4.44. The van der Waals surface area contributed by atoms with Gasteiger partial charge in [0.2, 0.25) is 0 Å². The molecule has 0 spiro atoms. The second kappa shape index (κ2) is 8.02. The molecule has 0 unspecified atom stereocenters.